The summed E-state index contributed by atoms with van der Waals surface area (Å²) in [6.07, 6.45) is 0.982. The summed E-state index contributed by atoms with van der Waals surface area (Å²) in [4.78, 5) is 0. The largest absolute Gasteiger partial charge is 0.493 e. The van der Waals surface area contributed by atoms with E-state index in [1.807, 2.05) is 36.4 Å². The van der Waals surface area contributed by atoms with Crippen molar-refractivity contribution in [1.82, 2.24) is 0 Å². The summed E-state index contributed by atoms with van der Waals surface area (Å²) in [5.41, 5.74) is 7.96. The first-order valence-electron chi connectivity index (χ1n) is 7.11. The van der Waals surface area contributed by atoms with Gasteiger partial charge in [-0.1, -0.05) is 24.3 Å². The van der Waals surface area contributed by atoms with E-state index in [0.29, 0.717) is 19.1 Å². The fraction of sp³-hybridized carbons (Fsp3) is 0.294. The van der Waals surface area contributed by atoms with Crippen molar-refractivity contribution in [3.05, 3.63) is 58.1 Å². The number of para-hydroxylation sites is 1. The Bertz CT molecular complexity index is 630. The monoisotopic (exact) mass is 347 g/mol. The lowest BCUT2D eigenvalue weighted by Crippen LogP contribution is -2.19. The topological polar surface area (TPSA) is 44.5 Å². The molecule has 0 radical (unpaired) electrons. The summed E-state index contributed by atoms with van der Waals surface area (Å²) in [6, 6.07) is 14.2. The minimum atomic E-state index is 0.371. The fourth-order valence-electron chi connectivity index (χ4n) is 2.57. The maximum absolute atomic E-state index is 5.99. The number of ether oxygens (including phenoxy) is 2. The Labute approximate surface area is 133 Å². The van der Waals surface area contributed by atoms with Crippen LogP contribution in [-0.2, 0) is 6.54 Å². The van der Waals surface area contributed by atoms with Crippen LogP contribution in [0.15, 0.2) is 46.9 Å². The van der Waals surface area contributed by atoms with Crippen LogP contribution in [0.4, 0.5) is 0 Å². The van der Waals surface area contributed by atoms with Crippen LogP contribution in [-0.4, -0.2) is 13.2 Å². The standard InChI is InChI=1S/C17H18BrNO2/c18-15-9-12(10-19)5-6-17(15)21-11-13-7-8-20-16-4-2-1-3-14(13)16/h1-6,9,13H,7-8,10-11,19H2. The molecule has 0 amide bonds. The van der Waals surface area contributed by atoms with Gasteiger partial charge >= 0.3 is 0 Å². The van der Waals surface area contributed by atoms with Crippen molar-refractivity contribution in [3.63, 3.8) is 0 Å². The molecule has 2 aromatic carbocycles. The molecule has 0 aliphatic carbocycles. The first-order chi connectivity index (χ1) is 10.3. The van der Waals surface area contributed by atoms with Gasteiger partial charge in [0.25, 0.3) is 0 Å². The number of benzene rings is 2. The van der Waals surface area contributed by atoms with E-state index < -0.39 is 0 Å². The minimum Gasteiger partial charge on any atom is -0.493 e. The molecule has 1 unspecified atom stereocenters. The van der Waals surface area contributed by atoms with E-state index in [2.05, 4.69) is 22.0 Å². The molecule has 0 fully saturated rings. The van der Waals surface area contributed by atoms with E-state index >= 15 is 0 Å². The molecule has 0 saturated carbocycles. The number of nitrogens with two attached hydrogens (primary N) is 1. The van der Waals surface area contributed by atoms with Crippen molar-refractivity contribution in [3.8, 4) is 11.5 Å². The highest BCUT2D eigenvalue weighted by Crippen LogP contribution is 2.34. The van der Waals surface area contributed by atoms with Gasteiger partial charge in [-0.2, -0.15) is 0 Å². The first-order valence-corrected chi connectivity index (χ1v) is 7.90. The molecule has 3 nitrogen and oxygen atoms in total. The Hall–Kier alpha value is -1.52. The van der Waals surface area contributed by atoms with Crippen LogP contribution in [0.5, 0.6) is 11.5 Å². The molecule has 4 heteroatoms. The Balaban J connectivity index is 1.71. The highest BCUT2D eigenvalue weighted by atomic mass is 79.9. The molecule has 1 aliphatic heterocycles. The smallest absolute Gasteiger partial charge is 0.133 e. The molecule has 21 heavy (non-hydrogen) atoms. The van der Waals surface area contributed by atoms with Gasteiger partial charge in [-0.05, 0) is 46.1 Å². The summed E-state index contributed by atoms with van der Waals surface area (Å²) < 4.78 is 12.6. The zero-order valence-corrected chi connectivity index (χ0v) is 13.3. The normalized spacial score (nSPS) is 17.0. The van der Waals surface area contributed by atoms with Gasteiger partial charge in [0.05, 0.1) is 17.7 Å². The first kappa shape index (κ1) is 14.4. The predicted molar refractivity (Wildman–Crippen MR) is 86.8 cm³/mol. The molecule has 0 saturated heterocycles. The summed E-state index contributed by atoms with van der Waals surface area (Å²) in [6.45, 7) is 1.94. The van der Waals surface area contributed by atoms with Crippen molar-refractivity contribution in [2.75, 3.05) is 13.2 Å². The van der Waals surface area contributed by atoms with Crippen LogP contribution in [0.2, 0.25) is 0 Å². The molecule has 2 N–H and O–H groups in total. The van der Waals surface area contributed by atoms with Crippen LogP contribution >= 0.6 is 15.9 Å². The van der Waals surface area contributed by atoms with Gasteiger partial charge < -0.3 is 15.2 Å². The van der Waals surface area contributed by atoms with Crippen molar-refractivity contribution in [2.45, 2.75) is 18.9 Å². The van der Waals surface area contributed by atoms with E-state index in [0.717, 1.165) is 34.6 Å². The van der Waals surface area contributed by atoms with E-state index in [-0.39, 0.29) is 0 Å². The lowest BCUT2D eigenvalue weighted by atomic mass is 9.94. The van der Waals surface area contributed by atoms with E-state index in [1.54, 1.807) is 0 Å². The quantitative estimate of drug-likeness (QED) is 0.913. The lowest BCUT2D eigenvalue weighted by Gasteiger charge is -2.26. The molecule has 1 heterocycles. The average Bonchev–Trinajstić information content (AvgIpc) is 2.53. The number of fused-ring (bicyclic) bond motifs is 1. The maximum atomic E-state index is 5.99. The number of hydrogen-bond donors (Lipinski definition) is 1. The molecular weight excluding hydrogens is 330 g/mol. The van der Waals surface area contributed by atoms with Gasteiger partial charge in [0.15, 0.2) is 0 Å². The second-order valence-electron chi connectivity index (χ2n) is 5.15. The number of hydrogen-bond acceptors (Lipinski definition) is 3. The Morgan fingerprint density at radius 1 is 1.24 bits per heavy atom. The predicted octanol–water partition coefficient (Wildman–Crippen LogP) is 3.85. The Kier molecular flexibility index (Phi) is 4.46. The molecule has 0 spiro atoms. The molecule has 1 atom stereocenters. The van der Waals surface area contributed by atoms with E-state index in [4.69, 9.17) is 15.2 Å². The molecule has 0 bridgehead atoms. The van der Waals surface area contributed by atoms with Gasteiger partial charge in [0.2, 0.25) is 0 Å². The average molecular weight is 348 g/mol. The second kappa shape index (κ2) is 6.50. The van der Waals surface area contributed by atoms with Gasteiger partial charge in [0.1, 0.15) is 11.5 Å². The lowest BCUT2D eigenvalue weighted by molar-refractivity contribution is 0.217. The Morgan fingerprint density at radius 2 is 2.10 bits per heavy atom. The summed E-state index contributed by atoms with van der Waals surface area (Å²) in [5, 5.41) is 0. The van der Waals surface area contributed by atoms with Crippen LogP contribution in [0.1, 0.15) is 23.5 Å². The second-order valence-corrected chi connectivity index (χ2v) is 6.01. The highest BCUT2D eigenvalue weighted by molar-refractivity contribution is 9.10. The van der Waals surface area contributed by atoms with Gasteiger partial charge in [-0.3, -0.25) is 0 Å². The van der Waals surface area contributed by atoms with Gasteiger partial charge in [0, 0.05) is 18.0 Å². The van der Waals surface area contributed by atoms with Crippen molar-refractivity contribution in [1.29, 1.82) is 0 Å². The third-order valence-electron chi connectivity index (χ3n) is 3.75. The van der Waals surface area contributed by atoms with Gasteiger partial charge in [-0.15, -0.1) is 0 Å². The number of rotatable bonds is 4. The van der Waals surface area contributed by atoms with Crippen LogP contribution in [0, 0.1) is 0 Å². The van der Waals surface area contributed by atoms with Gasteiger partial charge in [-0.25, -0.2) is 0 Å². The summed E-state index contributed by atoms with van der Waals surface area (Å²) >= 11 is 3.54. The third kappa shape index (κ3) is 3.22. The highest BCUT2D eigenvalue weighted by Gasteiger charge is 2.21. The zero-order chi connectivity index (χ0) is 14.7. The Morgan fingerprint density at radius 3 is 2.90 bits per heavy atom. The molecule has 1 aliphatic rings. The molecule has 110 valence electrons. The van der Waals surface area contributed by atoms with Crippen molar-refractivity contribution < 1.29 is 9.47 Å². The molecule has 0 aromatic heterocycles. The molecule has 3 rings (SSSR count). The molecular formula is C17H18BrNO2. The zero-order valence-electron chi connectivity index (χ0n) is 11.7. The summed E-state index contributed by atoms with van der Waals surface area (Å²) in [5.74, 6) is 2.21. The SMILES string of the molecule is NCc1ccc(OCC2CCOc3ccccc32)c(Br)c1. The van der Waals surface area contributed by atoms with Crippen molar-refractivity contribution in [2.24, 2.45) is 5.73 Å². The number of halogens is 1. The van der Waals surface area contributed by atoms with Crippen LogP contribution < -0.4 is 15.2 Å². The maximum Gasteiger partial charge on any atom is 0.133 e. The van der Waals surface area contributed by atoms with E-state index in [9.17, 15) is 0 Å². The van der Waals surface area contributed by atoms with Crippen LogP contribution in [0.25, 0.3) is 0 Å². The fourth-order valence-corrected chi connectivity index (χ4v) is 3.11. The van der Waals surface area contributed by atoms with Crippen molar-refractivity contribution >= 4 is 15.9 Å². The third-order valence-corrected chi connectivity index (χ3v) is 4.37. The minimum absolute atomic E-state index is 0.371. The summed E-state index contributed by atoms with van der Waals surface area (Å²) in [7, 11) is 0. The van der Waals surface area contributed by atoms with E-state index in [1.165, 1.54) is 5.56 Å². The van der Waals surface area contributed by atoms with Crippen LogP contribution in [0.3, 0.4) is 0 Å². The molecule has 2 aromatic rings.